The van der Waals surface area contributed by atoms with Gasteiger partial charge in [0.05, 0.1) is 12.8 Å². The molecule has 0 aliphatic heterocycles. The standard InChI is InChI=1S/C18H16F3NO5/c1-11(23)27-13-7-5-12(6-8-13)10-15(17(25)26-2)22-9-3-4-14(22)16(24)18(19,20)21/h3-9,15H,10H2,1-2H3. The molecule has 1 aromatic heterocycles. The second-order valence-electron chi connectivity index (χ2n) is 5.61. The number of alkyl halides is 3. The maximum absolute atomic E-state index is 12.8. The Balaban J connectivity index is 2.33. The van der Waals surface area contributed by atoms with Crippen LogP contribution >= 0.6 is 0 Å². The molecule has 1 aromatic carbocycles. The Kier molecular flexibility index (Phi) is 6.04. The SMILES string of the molecule is COC(=O)C(Cc1ccc(OC(C)=O)cc1)n1cccc1C(=O)C(F)(F)F. The van der Waals surface area contributed by atoms with Crippen molar-refractivity contribution in [2.75, 3.05) is 7.11 Å². The maximum Gasteiger partial charge on any atom is 0.456 e. The van der Waals surface area contributed by atoms with Gasteiger partial charge in [0, 0.05) is 19.5 Å². The molecule has 27 heavy (non-hydrogen) atoms. The van der Waals surface area contributed by atoms with E-state index in [1.54, 1.807) is 12.1 Å². The molecule has 144 valence electrons. The second kappa shape index (κ2) is 8.07. The summed E-state index contributed by atoms with van der Waals surface area (Å²) in [7, 11) is 1.11. The number of halogens is 3. The number of Topliss-reactive ketones (excluding diaryl/α,β-unsaturated/α-hetero) is 1. The molecule has 0 radical (unpaired) electrons. The van der Waals surface area contributed by atoms with E-state index in [1.165, 1.54) is 31.3 Å². The van der Waals surface area contributed by atoms with Crippen LogP contribution in [0.4, 0.5) is 13.2 Å². The normalized spacial score (nSPS) is 12.3. The van der Waals surface area contributed by atoms with Crippen LogP contribution in [0.15, 0.2) is 42.6 Å². The molecule has 0 fully saturated rings. The van der Waals surface area contributed by atoms with Crippen LogP contribution in [0, 0.1) is 0 Å². The third kappa shape index (κ3) is 4.96. The summed E-state index contributed by atoms with van der Waals surface area (Å²) < 4.78 is 48.9. The highest BCUT2D eigenvalue weighted by Crippen LogP contribution is 2.26. The summed E-state index contributed by atoms with van der Waals surface area (Å²) in [6.07, 6.45) is -3.88. The average Bonchev–Trinajstić information content (AvgIpc) is 3.07. The number of ketones is 1. The number of methoxy groups -OCH3 is 1. The van der Waals surface area contributed by atoms with Crippen molar-refractivity contribution in [3.63, 3.8) is 0 Å². The third-order valence-electron chi connectivity index (χ3n) is 3.69. The number of rotatable bonds is 6. The van der Waals surface area contributed by atoms with E-state index in [4.69, 9.17) is 4.74 Å². The molecule has 6 nitrogen and oxygen atoms in total. The van der Waals surface area contributed by atoms with Crippen molar-refractivity contribution >= 4 is 17.7 Å². The number of hydrogen-bond acceptors (Lipinski definition) is 5. The van der Waals surface area contributed by atoms with Crippen molar-refractivity contribution in [3.05, 3.63) is 53.9 Å². The van der Waals surface area contributed by atoms with E-state index >= 15 is 0 Å². The molecule has 0 spiro atoms. The van der Waals surface area contributed by atoms with Crippen molar-refractivity contribution in [2.24, 2.45) is 0 Å². The fourth-order valence-electron chi connectivity index (χ4n) is 2.52. The van der Waals surface area contributed by atoms with E-state index in [1.807, 2.05) is 0 Å². The fraction of sp³-hybridized carbons (Fsp3) is 0.278. The molecular weight excluding hydrogens is 367 g/mol. The van der Waals surface area contributed by atoms with Gasteiger partial charge in [-0.15, -0.1) is 0 Å². The molecule has 0 amide bonds. The highest BCUT2D eigenvalue weighted by Gasteiger charge is 2.42. The molecule has 0 bridgehead atoms. The number of hydrogen-bond donors (Lipinski definition) is 0. The summed E-state index contributed by atoms with van der Waals surface area (Å²) in [5.41, 5.74) is -0.0881. The Morgan fingerprint density at radius 3 is 2.26 bits per heavy atom. The van der Waals surface area contributed by atoms with Crippen LogP contribution in [0.1, 0.15) is 29.0 Å². The second-order valence-corrected chi connectivity index (χ2v) is 5.61. The highest BCUT2D eigenvalue weighted by atomic mass is 19.4. The van der Waals surface area contributed by atoms with Gasteiger partial charge in [-0.05, 0) is 29.8 Å². The zero-order valence-corrected chi connectivity index (χ0v) is 14.4. The van der Waals surface area contributed by atoms with E-state index in [9.17, 15) is 27.6 Å². The average molecular weight is 383 g/mol. The first-order valence-corrected chi connectivity index (χ1v) is 7.77. The van der Waals surface area contributed by atoms with Gasteiger partial charge in [-0.25, -0.2) is 4.79 Å². The highest BCUT2D eigenvalue weighted by molar-refractivity contribution is 5.99. The van der Waals surface area contributed by atoms with E-state index in [2.05, 4.69) is 4.74 Å². The van der Waals surface area contributed by atoms with Crippen molar-refractivity contribution in [1.29, 1.82) is 0 Å². The third-order valence-corrected chi connectivity index (χ3v) is 3.69. The first kappa shape index (κ1) is 20.2. The van der Waals surface area contributed by atoms with Gasteiger partial charge in [0.15, 0.2) is 0 Å². The minimum Gasteiger partial charge on any atom is -0.467 e. The quantitative estimate of drug-likeness (QED) is 0.435. The number of carbonyl (C=O) groups is 3. The molecule has 1 atom stereocenters. The monoisotopic (exact) mass is 383 g/mol. The Bertz CT molecular complexity index is 839. The van der Waals surface area contributed by atoms with Crippen LogP contribution in [-0.2, 0) is 20.7 Å². The van der Waals surface area contributed by atoms with Crippen LogP contribution in [0.25, 0.3) is 0 Å². The van der Waals surface area contributed by atoms with E-state index < -0.39 is 35.6 Å². The van der Waals surface area contributed by atoms with Crippen molar-refractivity contribution in [3.8, 4) is 5.75 Å². The lowest BCUT2D eigenvalue weighted by atomic mass is 10.0. The summed E-state index contributed by atoms with van der Waals surface area (Å²) in [6, 6.07) is 7.16. The number of aromatic nitrogens is 1. The van der Waals surface area contributed by atoms with Crippen molar-refractivity contribution < 1.29 is 37.0 Å². The van der Waals surface area contributed by atoms with Gasteiger partial charge < -0.3 is 14.0 Å². The van der Waals surface area contributed by atoms with Crippen molar-refractivity contribution in [1.82, 2.24) is 4.57 Å². The number of ether oxygens (including phenoxy) is 2. The molecule has 0 saturated heterocycles. The Hall–Kier alpha value is -3.10. The molecule has 1 unspecified atom stereocenters. The lowest BCUT2D eigenvalue weighted by molar-refractivity contribution is -0.144. The smallest absolute Gasteiger partial charge is 0.456 e. The van der Waals surface area contributed by atoms with E-state index in [-0.39, 0.29) is 12.2 Å². The van der Waals surface area contributed by atoms with E-state index in [0.29, 0.717) is 5.56 Å². The Morgan fingerprint density at radius 1 is 1.11 bits per heavy atom. The zero-order chi connectivity index (χ0) is 20.2. The van der Waals surface area contributed by atoms with Crippen LogP contribution in [0.3, 0.4) is 0 Å². The Labute approximate surface area is 152 Å². The van der Waals surface area contributed by atoms with E-state index in [0.717, 1.165) is 17.7 Å². The predicted octanol–water partition coefficient (Wildman–Crippen LogP) is 3.12. The minimum absolute atomic E-state index is 0.0279. The van der Waals surface area contributed by atoms with Gasteiger partial charge in [-0.3, -0.25) is 9.59 Å². The van der Waals surface area contributed by atoms with Gasteiger partial charge in [0.2, 0.25) is 0 Å². The van der Waals surface area contributed by atoms with Gasteiger partial charge >= 0.3 is 18.1 Å². The first-order chi connectivity index (χ1) is 12.6. The van der Waals surface area contributed by atoms with Crippen LogP contribution in [0.2, 0.25) is 0 Å². The lowest BCUT2D eigenvalue weighted by Crippen LogP contribution is -2.30. The largest absolute Gasteiger partial charge is 0.467 e. The summed E-state index contributed by atoms with van der Waals surface area (Å²) >= 11 is 0. The molecule has 2 aromatic rings. The summed E-state index contributed by atoms with van der Waals surface area (Å²) in [5.74, 6) is -3.06. The molecule has 9 heteroatoms. The maximum atomic E-state index is 12.8. The first-order valence-electron chi connectivity index (χ1n) is 7.77. The van der Waals surface area contributed by atoms with Gasteiger partial charge in [-0.1, -0.05) is 12.1 Å². The zero-order valence-electron chi connectivity index (χ0n) is 14.4. The fourth-order valence-corrected chi connectivity index (χ4v) is 2.52. The molecule has 0 aliphatic rings. The van der Waals surface area contributed by atoms with Crippen LogP contribution < -0.4 is 4.74 Å². The molecule has 0 saturated carbocycles. The number of benzene rings is 1. The molecular formula is C18H16F3NO5. The number of carbonyl (C=O) groups excluding carboxylic acids is 3. The minimum atomic E-state index is -5.07. The number of esters is 2. The Morgan fingerprint density at radius 2 is 1.74 bits per heavy atom. The summed E-state index contributed by atoms with van der Waals surface area (Å²) in [4.78, 5) is 34.7. The predicted molar refractivity (Wildman–Crippen MR) is 87.3 cm³/mol. The molecule has 0 N–H and O–H groups in total. The number of nitrogens with zero attached hydrogens (tertiary/aromatic N) is 1. The van der Waals surface area contributed by atoms with Gasteiger partial charge in [0.1, 0.15) is 11.8 Å². The molecule has 0 aliphatic carbocycles. The van der Waals surface area contributed by atoms with Crippen LogP contribution in [-0.4, -0.2) is 35.6 Å². The molecule has 1 heterocycles. The van der Waals surface area contributed by atoms with Crippen molar-refractivity contribution in [2.45, 2.75) is 25.6 Å². The lowest BCUT2D eigenvalue weighted by Gasteiger charge is -2.20. The summed E-state index contributed by atoms with van der Waals surface area (Å²) in [5, 5.41) is 0. The van der Waals surface area contributed by atoms with Gasteiger partial charge in [-0.2, -0.15) is 13.2 Å². The molecule has 2 rings (SSSR count). The topological polar surface area (TPSA) is 74.6 Å². The van der Waals surface area contributed by atoms with Crippen LogP contribution in [0.5, 0.6) is 5.75 Å². The summed E-state index contributed by atoms with van der Waals surface area (Å²) in [6.45, 7) is 1.24. The van der Waals surface area contributed by atoms with Gasteiger partial charge in [0.25, 0.3) is 5.78 Å².